The fourth-order valence-corrected chi connectivity index (χ4v) is 1.88. The lowest BCUT2D eigenvalue weighted by Crippen LogP contribution is -2.14. The Morgan fingerprint density at radius 1 is 1.12 bits per heavy atom. The van der Waals surface area contributed by atoms with E-state index in [1.165, 1.54) is 0 Å². The van der Waals surface area contributed by atoms with Gasteiger partial charge in [-0.25, -0.2) is 18.0 Å². The molecule has 2 aromatic carbocycles. The van der Waals surface area contributed by atoms with Crippen molar-refractivity contribution < 1.29 is 27.4 Å². The molecule has 4 nitrogen and oxygen atoms in total. The molecule has 0 unspecified atom stereocenters. The molecule has 0 saturated carbocycles. The van der Waals surface area contributed by atoms with E-state index in [2.05, 4.69) is 0 Å². The van der Waals surface area contributed by atoms with Crippen LogP contribution in [-0.2, 0) is 0 Å². The topological polar surface area (TPSA) is 59.3 Å². The predicted octanol–water partition coefficient (Wildman–Crippen LogP) is 4.15. The molecule has 0 aliphatic carbocycles. The van der Waals surface area contributed by atoms with E-state index in [0.717, 1.165) is 30.3 Å². The summed E-state index contributed by atoms with van der Waals surface area (Å²) >= 11 is 0. The van der Waals surface area contributed by atoms with Crippen LogP contribution in [0.4, 0.5) is 13.2 Å². The van der Waals surface area contributed by atoms with Gasteiger partial charge in [0.15, 0.2) is 0 Å². The zero-order valence-electron chi connectivity index (χ0n) is 13.1. The molecule has 0 aliphatic rings. The minimum atomic E-state index is -1.33. The number of hydrogen-bond donors (Lipinski definition) is 0. The van der Waals surface area contributed by atoms with Gasteiger partial charge in [-0.1, -0.05) is 12.2 Å². The van der Waals surface area contributed by atoms with E-state index >= 15 is 0 Å². The second-order valence-electron chi connectivity index (χ2n) is 4.78. The molecule has 0 bridgehead atoms. The number of nitrogens with zero attached hydrogens (tertiary/aromatic N) is 1. The molecule has 0 N–H and O–H groups in total. The van der Waals surface area contributed by atoms with Crippen molar-refractivity contribution in [2.24, 2.45) is 0 Å². The van der Waals surface area contributed by atoms with Gasteiger partial charge in [0.25, 0.3) is 0 Å². The molecule has 25 heavy (non-hydrogen) atoms. The highest BCUT2D eigenvalue weighted by Gasteiger charge is 2.21. The van der Waals surface area contributed by atoms with Crippen LogP contribution in [-0.4, -0.2) is 12.6 Å². The minimum Gasteiger partial charge on any atom is -0.489 e. The highest BCUT2D eigenvalue weighted by molar-refractivity contribution is 5.91. The summed E-state index contributed by atoms with van der Waals surface area (Å²) in [6.07, 6.45) is 3.34. The van der Waals surface area contributed by atoms with Crippen LogP contribution in [0.3, 0.4) is 0 Å². The monoisotopic (exact) mass is 347 g/mol. The van der Waals surface area contributed by atoms with Crippen molar-refractivity contribution in [2.45, 2.75) is 6.92 Å². The van der Waals surface area contributed by atoms with Gasteiger partial charge in [0, 0.05) is 18.2 Å². The van der Waals surface area contributed by atoms with E-state index in [1.54, 1.807) is 25.1 Å². The first-order valence-corrected chi connectivity index (χ1v) is 7.11. The summed E-state index contributed by atoms with van der Waals surface area (Å²) < 4.78 is 51.4. The summed E-state index contributed by atoms with van der Waals surface area (Å²) in [7, 11) is 0. The van der Waals surface area contributed by atoms with Crippen LogP contribution in [0.5, 0.6) is 11.5 Å². The number of carbonyl (C=O) groups excluding carboxylic acids is 1. The van der Waals surface area contributed by atoms with Crippen molar-refractivity contribution in [1.82, 2.24) is 0 Å². The van der Waals surface area contributed by atoms with Crippen molar-refractivity contribution >= 4 is 5.97 Å². The Bertz CT molecular complexity index is 849. The van der Waals surface area contributed by atoms with Crippen molar-refractivity contribution in [2.75, 3.05) is 6.61 Å². The normalized spacial score (nSPS) is 10.5. The summed E-state index contributed by atoms with van der Waals surface area (Å²) in [6, 6.07) is 6.31. The lowest BCUT2D eigenvalue weighted by atomic mass is 10.2. The lowest BCUT2D eigenvalue weighted by Gasteiger charge is -2.09. The maximum atomic E-state index is 14.0. The summed E-state index contributed by atoms with van der Waals surface area (Å²) in [6.45, 7) is 1.87. The maximum absolute atomic E-state index is 14.0. The fraction of sp³-hybridized carbons (Fsp3) is 0.111. The van der Waals surface area contributed by atoms with Crippen molar-refractivity contribution in [3.8, 4) is 17.6 Å². The third-order valence-corrected chi connectivity index (χ3v) is 3.07. The van der Waals surface area contributed by atoms with Crippen LogP contribution in [0.1, 0.15) is 22.8 Å². The predicted molar refractivity (Wildman–Crippen MR) is 82.7 cm³/mol. The van der Waals surface area contributed by atoms with E-state index in [0.29, 0.717) is 0 Å². The largest absolute Gasteiger partial charge is 0.489 e. The highest BCUT2D eigenvalue weighted by atomic mass is 19.1. The van der Waals surface area contributed by atoms with Gasteiger partial charge in [-0.15, -0.1) is 0 Å². The highest BCUT2D eigenvalue weighted by Crippen LogP contribution is 2.23. The number of benzene rings is 2. The first-order valence-electron chi connectivity index (χ1n) is 7.11. The minimum absolute atomic E-state index is 0.0888. The van der Waals surface area contributed by atoms with E-state index < -0.39 is 29.0 Å². The first kappa shape index (κ1) is 18.1. The first-order chi connectivity index (χ1) is 12.0. The third-order valence-electron chi connectivity index (χ3n) is 3.07. The van der Waals surface area contributed by atoms with Gasteiger partial charge >= 0.3 is 5.97 Å². The number of nitriles is 1. The van der Waals surface area contributed by atoms with Gasteiger partial charge in [-0.2, -0.15) is 5.26 Å². The van der Waals surface area contributed by atoms with E-state index in [-0.39, 0.29) is 23.7 Å². The standard InChI is InChI=1S/C18H12F3NO3/c1-2-3-6-24-13-8-15(20)17(16(21)9-13)18(23)25-12-5-4-11(10-22)14(19)7-12/h2-5,7-9H,6H2,1H3. The number of allylic oxidation sites excluding steroid dienone is 1. The Morgan fingerprint density at radius 2 is 1.76 bits per heavy atom. The number of rotatable bonds is 5. The molecule has 0 atom stereocenters. The van der Waals surface area contributed by atoms with Gasteiger partial charge in [0.2, 0.25) is 0 Å². The number of carbonyl (C=O) groups is 1. The molecule has 2 rings (SSSR count). The zero-order chi connectivity index (χ0) is 18.4. The average Bonchev–Trinajstić information content (AvgIpc) is 2.54. The molecule has 0 spiro atoms. The molecule has 0 saturated heterocycles. The third kappa shape index (κ3) is 4.38. The van der Waals surface area contributed by atoms with Crippen LogP contribution in [0.25, 0.3) is 0 Å². The number of hydrogen-bond acceptors (Lipinski definition) is 4. The fourth-order valence-electron chi connectivity index (χ4n) is 1.88. The molecule has 0 heterocycles. The molecule has 0 fully saturated rings. The Kier molecular flexibility index (Phi) is 5.79. The number of halogens is 3. The Labute approximate surface area is 141 Å². The molecule has 2 aromatic rings. The van der Waals surface area contributed by atoms with Crippen LogP contribution in [0.15, 0.2) is 42.5 Å². The van der Waals surface area contributed by atoms with Gasteiger partial charge in [-0.05, 0) is 19.1 Å². The molecule has 7 heteroatoms. The molecule has 128 valence electrons. The second-order valence-corrected chi connectivity index (χ2v) is 4.78. The van der Waals surface area contributed by atoms with Crippen molar-refractivity contribution in [1.29, 1.82) is 5.26 Å². The number of ether oxygens (including phenoxy) is 2. The Hall–Kier alpha value is -3.27. The van der Waals surface area contributed by atoms with E-state index in [9.17, 15) is 18.0 Å². The quantitative estimate of drug-likeness (QED) is 0.463. The summed E-state index contributed by atoms with van der Waals surface area (Å²) in [5.74, 6) is -4.97. The smallest absolute Gasteiger partial charge is 0.349 e. The van der Waals surface area contributed by atoms with Crippen LogP contribution >= 0.6 is 0 Å². The van der Waals surface area contributed by atoms with Crippen molar-refractivity contribution in [3.63, 3.8) is 0 Å². The molecule has 0 radical (unpaired) electrons. The zero-order valence-corrected chi connectivity index (χ0v) is 13.1. The van der Waals surface area contributed by atoms with Crippen LogP contribution < -0.4 is 9.47 Å². The summed E-state index contributed by atoms with van der Waals surface area (Å²) in [5, 5.41) is 8.63. The lowest BCUT2D eigenvalue weighted by molar-refractivity contribution is 0.0724. The molecule has 0 aromatic heterocycles. The SMILES string of the molecule is CC=CCOc1cc(F)c(C(=O)Oc2ccc(C#N)c(F)c2)c(F)c1. The van der Waals surface area contributed by atoms with Gasteiger partial charge in [0.1, 0.15) is 47.2 Å². The van der Waals surface area contributed by atoms with Gasteiger partial charge in [0.05, 0.1) is 5.56 Å². The van der Waals surface area contributed by atoms with E-state index in [4.69, 9.17) is 14.7 Å². The Balaban J connectivity index is 2.21. The van der Waals surface area contributed by atoms with Gasteiger partial charge in [-0.3, -0.25) is 0 Å². The maximum Gasteiger partial charge on any atom is 0.349 e. The molecular formula is C18H12F3NO3. The second kappa shape index (κ2) is 8.02. The van der Waals surface area contributed by atoms with Gasteiger partial charge < -0.3 is 9.47 Å². The van der Waals surface area contributed by atoms with Crippen molar-refractivity contribution in [3.05, 3.63) is 71.1 Å². The summed E-state index contributed by atoms with van der Waals surface area (Å²) in [5.41, 5.74) is -1.18. The molecule has 0 aliphatic heterocycles. The Morgan fingerprint density at radius 3 is 2.32 bits per heavy atom. The molecular weight excluding hydrogens is 335 g/mol. The van der Waals surface area contributed by atoms with Crippen LogP contribution in [0, 0.1) is 28.8 Å². The van der Waals surface area contributed by atoms with E-state index in [1.807, 2.05) is 0 Å². The average molecular weight is 347 g/mol. The summed E-state index contributed by atoms with van der Waals surface area (Å²) in [4.78, 5) is 12.0. The molecule has 0 amide bonds. The number of esters is 1. The van der Waals surface area contributed by atoms with Crippen LogP contribution in [0.2, 0.25) is 0 Å².